The Morgan fingerprint density at radius 3 is 2.39 bits per heavy atom. The van der Waals surface area contributed by atoms with E-state index in [4.69, 9.17) is 0 Å². The maximum absolute atomic E-state index is 12.5. The molecule has 0 aliphatic heterocycles. The molecule has 0 radical (unpaired) electrons. The van der Waals surface area contributed by atoms with E-state index in [0.717, 1.165) is 23.5 Å². The summed E-state index contributed by atoms with van der Waals surface area (Å²) in [7, 11) is 0. The van der Waals surface area contributed by atoms with Crippen molar-refractivity contribution in [3.63, 3.8) is 0 Å². The highest BCUT2D eigenvalue weighted by molar-refractivity contribution is 5.97. The molecule has 0 saturated heterocycles. The zero-order valence-corrected chi connectivity index (χ0v) is 13.7. The van der Waals surface area contributed by atoms with Gasteiger partial charge in [0.1, 0.15) is 6.04 Å². The zero-order valence-electron chi connectivity index (χ0n) is 13.7. The van der Waals surface area contributed by atoms with Gasteiger partial charge in [-0.15, -0.1) is 0 Å². The summed E-state index contributed by atoms with van der Waals surface area (Å²) in [5.41, 5.74) is 3.25. The number of hydrogen-bond acceptors (Lipinski definition) is 2. The monoisotopic (exact) mass is 314 g/mol. The normalized spacial score (nSPS) is 12.0. The Bertz CT molecular complexity index is 705. The minimum absolute atomic E-state index is 0.258. The van der Waals surface area contributed by atoms with Crippen molar-refractivity contribution in [3.8, 4) is 0 Å². The molecule has 2 rings (SSSR count). The van der Waals surface area contributed by atoms with Crippen LogP contribution in [-0.2, 0) is 17.8 Å². The first-order valence-electron chi connectivity index (χ1n) is 7.68. The van der Waals surface area contributed by atoms with Crippen molar-refractivity contribution in [2.45, 2.75) is 39.8 Å². The Balaban J connectivity index is 2.17. The largest absolute Gasteiger partial charge is 0.480 e. The average molecular weight is 314 g/mol. The molecular weight excluding hydrogens is 292 g/mol. The SMILES string of the molecule is CCn1c(C)cc(C(=O)N[C@@H](Cc2ccccc2)C(=O)O)c1C. The minimum atomic E-state index is -1.04. The summed E-state index contributed by atoms with van der Waals surface area (Å²) in [4.78, 5) is 23.9. The van der Waals surface area contributed by atoms with Crippen LogP contribution in [0.15, 0.2) is 36.4 Å². The Morgan fingerprint density at radius 1 is 1.22 bits per heavy atom. The van der Waals surface area contributed by atoms with Gasteiger partial charge < -0.3 is 15.0 Å². The summed E-state index contributed by atoms with van der Waals surface area (Å²) in [6, 6.07) is 10.1. The number of carboxylic acid groups (broad SMARTS) is 1. The van der Waals surface area contributed by atoms with Gasteiger partial charge in [0.2, 0.25) is 0 Å². The van der Waals surface area contributed by atoms with Crippen molar-refractivity contribution in [2.75, 3.05) is 0 Å². The maximum atomic E-state index is 12.5. The van der Waals surface area contributed by atoms with E-state index in [2.05, 4.69) is 5.32 Å². The third kappa shape index (κ3) is 3.80. The first-order chi connectivity index (χ1) is 10.9. The van der Waals surface area contributed by atoms with Crippen molar-refractivity contribution < 1.29 is 14.7 Å². The summed E-state index contributed by atoms with van der Waals surface area (Å²) in [6.07, 6.45) is 0.258. The topological polar surface area (TPSA) is 71.3 Å². The van der Waals surface area contributed by atoms with E-state index in [1.165, 1.54) is 0 Å². The molecule has 0 fully saturated rings. The lowest BCUT2D eigenvalue weighted by molar-refractivity contribution is -0.139. The second-order valence-corrected chi connectivity index (χ2v) is 5.58. The molecule has 23 heavy (non-hydrogen) atoms. The first kappa shape index (κ1) is 16.8. The van der Waals surface area contributed by atoms with Crippen LogP contribution in [-0.4, -0.2) is 27.6 Å². The Labute approximate surface area is 135 Å². The molecule has 0 spiro atoms. The fourth-order valence-electron chi connectivity index (χ4n) is 2.80. The van der Waals surface area contributed by atoms with Crippen LogP contribution in [0, 0.1) is 13.8 Å². The molecule has 1 amide bonds. The summed E-state index contributed by atoms with van der Waals surface area (Å²) in [6.45, 7) is 6.60. The summed E-state index contributed by atoms with van der Waals surface area (Å²) in [5.74, 6) is -1.38. The molecule has 0 unspecified atom stereocenters. The number of aromatic nitrogens is 1. The van der Waals surface area contributed by atoms with E-state index in [0.29, 0.717) is 5.56 Å². The second-order valence-electron chi connectivity index (χ2n) is 5.58. The Hall–Kier alpha value is -2.56. The van der Waals surface area contributed by atoms with Crippen LogP contribution in [0.1, 0.15) is 34.2 Å². The van der Waals surface area contributed by atoms with E-state index < -0.39 is 12.0 Å². The lowest BCUT2D eigenvalue weighted by Gasteiger charge is -2.15. The average Bonchev–Trinajstić information content (AvgIpc) is 2.81. The predicted octanol–water partition coefficient (Wildman–Crippen LogP) is 2.55. The number of hydrogen-bond donors (Lipinski definition) is 2. The second kappa shape index (κ2) is 7.13. The van der Waals surface area contributed by atoms with E-state index in [-0.39, 0.29) is 12.3 Å². The lowest BCUT2D eigenvalue weighted by Crippen LogP contribution is -2.42. The highest BCUT2D eigenvalue weighted by Gasteiger charge is 2.23. The maximum Gasteiger partial charge on any atom is 0.326 e. The van der Waals surface area contributed by atoms with Crippen LogP contribution in [0.5, 0.6) is 0 Å². The number of carboxylic acids is 1. The van der Waals surface area contributed by atoms with Gasteiger partial charge in [-0.05, 0) is 32.4 Å². The van der Waals surface area contributed by atoms with Crippen LogP contribution >= 0.6 is 0 Å². The molecule has 0 saturated carbocycles. The summed E-state index contributed by atoms with van der Waals surface area (Å²) >= 11 is 0. The minimum Gasteiger partial charge on any atom is -0.480 e. The number of nitrogens with zero attached hydrogens (tertiary/aromatic N) is 1. The highest BCUT2D eigenvalue weighted by Crippen LogP contribution is 2.15. The molecular formula is C18H22N2O3. The smallest absolute Gasteiger partial charge is 0.326 e. The van der Waals surface area contributed by atoms with Crippen molar-refractivity contribution in [3.05, 3.63) is 58.9 Å². The number of benzene rings is 1. The number of carbonyl (C=O) groups excluding carboxylic acids is 1. The van der Waals surface area contributed by atoms with Gasteiger partial charge in [0, 0.05) is 24.4 Å². The van der Waals surface area contributed by atoms with E-state index in [1.807, 2.05) is 55.7 Å². The van der Waals surface area contributed by atoms with Crippen LogP contribution in [0.2, 0.25) is 0 Å². The number of carbonyl (C=O) groups is 2. The molecule has 5 nitrogen and oxygen atoms in total. The third-order valence-corrected chi connectivity index (χ3v) is 4.02. The molecule has 2 aromatic rings. The quantitative estimate of drug-likeness (QED) is 0.861. The van der Waals surface area contributed by atoms with Crippen LogP contribution in [0.4, 0.5) is 0 Å². The number of nitrogens with one attached hydrogen (secondary N) is 1. The number of aryl methyl sites for hydroxylation is 1. The van der Waals surface area contributed by atoms with Gasteiger partial charge in [-0.25, -0.2) is 4.79 Å². The number of rotatable bonds is 6. The zero-order chi connectivity index (χ0) is 17.0. The van der Waals surface area contributed by atoms with Crippen LogP contribution in [0.25, 0.3) is 0 Å². The molecule has 122 valence electrons. The molecule has 5 heteroatoms. The Kier molecular flexibility index (Phi) is 5.21. The van der Waals surface area contributed by atoms with Gasteiger partial charge >= 0.3 is 5.97 Å². The van der Waals surface area contributed by atoms with Gasteiger partial charge in [0.05, 0.1) is 5.56 Å². The molecule has 1 heterocycles. The fourth-order valence-corrected chi connectivity index (χ4v) is 2.80. The van der Waals surface area contributed by atoms with E-state index in [1.54, 1.807) is 6.07 Å². The standard InChI is InChI=1S/C18H22N2O3/c1-4-20-12(2)10-15(13(20)3)17(21)19-16(18(22)23)11-14-8-6-5-7-9-14/h5-10,16H,4,11H2,1-3H3,(H,19,21)(H,22,23)/t16-/m0/s1. The molecule has 0 aliphatic carbocycles. The van der Waals surface area contributed by atoms with E-state index in [9.17, 15) is 14.7 Å². The third-order valence-electron chi connectivity index (χ3n) is 4.02. The van der Waals surface area contributed by atoms with Gasteiger partial charge in [0.15, 0.2) is 0 Å². The highest BCUT2D eigenvalue weighted by atomic mass is 16.4. The van der Waals surface area contributed by atoms with Gasteiger partial charge in [-0.3, -0.25) is 4.79 Å². The predicted molar refractivity (Wildman–Crippen MR) is 88.6 cm³/mol. The van der Waals surface area contributed by atoms with Gasteiger partial charge in [0.25, 0.3) is 5.91 Å². The Morgan fingerprint density at radius 2 is 1.87 bits per heavy atom. The van der Waals surface area contributed by atoms with Crippen molar-refractivity contribution in [1.29, 1.82) is 0 Å². The molecule has 1 aromatic carbocycles. The summed E-state index contributed by atoms with van der Waals surface area (Å²) < 4.78 is 2.03. The molecule has 0 aliphatic rings. The molecule has 1 atom stereocenters. The fraction of sp³-hybridized carbons (Fsp3) is 0.333. The lowest BCUT2D eigenvalue weighted by atomic mass is 10.1. The van der Waals surface area contributed by atoms with Crippen molar-refractivity contribution in [1.82, 2.24) is 9.88 Å². The van der Waals surface area contributed by atoms with Crippen molar-refractivity contribution in [2.24, 2.45) is 0 Å². The van der Waals surface area contributed by atoms with Gasteiger partial charge in [-0.2, -0.15) is 0 Å². The van der Waals surface area contributed by atoms with E-state index >= 15 is 0 Å². The van der Waals surface area contributed by atoms with Gasteiger partial charge in [-0.1, -0.05) is 30.3 Å². The molecule has 0 bridgehead atoms. The number of amides is 1. The molecule has 2 N–H and O–H groups in total. The first-order valence-corrected chi connectivity index (χ1v) is 7.68. The van der Waals surface area contributed by atoms with Crippen molar-refractivity contribution >= 4 is 11.9 Å². The van der Waals surface area contributed by atoms with Crippen LogP contribution in [0.3, 0.4) is 0 Å². The van der Waals surface area contributed by atoms with Crippen LogP contribution < -0.4 is 5.32 Å². The molecule has 1 aromatic heterocycles. The summed E-state index contributed by atoms with van der Waals surface area (Å²) in [5, 5.41) is 12.0. The number of aliphatic carboxylic acids is 1.